The van der Waals surface area contributed by atoms with Gasteiger partial charge in [0.05, 0.1) is 12.1 Å². The number of unbranched alkanes of at least 4 members (excludes halogenated alkanes) is 2. The normalized spacial score (nSPS) is 10.7. The quantitative estimate of drug-likeness (QED) is 0.595. The van der Waals surface area contributed by atoms with E-state index >= 15 is 0 Å². The number of halogens is 1. The molecular formula is C14H16BrNO. The summed E-state index contributed by atoms with van der Waals surface area (Å²) in [7, 11) is 0. The van der Waals surface area contributed by atoms with Crippen molar-refractivity contribution in [2.75, 3.05) is 6.61 Å². The lowest BCUT2D eigenvalue weighted by atomic mass is 10.2. The highest BCUT2D eigenvalue weighted by atomic mass is 79.9. The molecule has 0 spiro atoms. The van der Waals surface area contributed by atoms with Crippen LogP contribution in [0.5, 0.6) is 5.75 Å². The number of hydrogen-bond donors (Lipinski definition) is 0. The highest BCUT2D eigenvalue weighted by Crippen LogP contribution is 2.21. The number of ether oxygens (including phenoxy) is 1. The molecule has 0 atom stereocenters. The van der Waals surface area contributed by atoms with E-state index in [1.54, 1.807) is 0 Å². The Morgan fingerprint density at radius 3 is 2.82 bits per heavy atom. The fourth-order valence-electron chi connectivity index (χ4n) is 1.70. The first-order valence-electron chi connectivity index (χ1n) is 5.98. The Hall–Kier alpha value is -1.09. The van der Waals surface area contributed by atoms with Gasteiger partial charge in [-0.05, 0) is 40.5 Å². The van der Waals surface area contributed by atoms with Crippen LogP contribution >= 0.6 is 15.9 Å². The lowest BCUT2D eigenvalue weighted by molar-refractivity contribution is 0.306. The average molecular weight is 294 g/mol. The standard InChI is InChI=1S/C14H16BrNO/c1-2-3-4-9-17-12-7-5-11-6-8-14(15)16-13(11)10-12/h5-8,10H,2-4,9H2,1H3. The molecule has 0 aliphatic heterocycles. The van der Waals surface area contributed by atoms with Gasteiger partial charge in [-0.1, -0.05) is 25.8 Å². The molecule has 1 heterocycles. The summed E-state index contributed by atoms with van der Waals surface area (Å²) in [5.41, 5.74) is 0.965. The van der Waals surface area contributed by atoms with Gasteiger partial charge < -0.3 is 4.74 Å². The van der Waals surface area contributed by atoms with Crippen molar-refractivity contribution in [1.29, 1.82) is 0 Å². The highest BCUT2D eigenvalue weighted by Gasteiger charge is 1.99. The molecule has 2 aromatic rings. The predicted molar refractivity (Wildman–Crippen MR) is 74.5 cm³/mol. The van der Waals surface area contributed by atoms with Crippen molar-refractivity contribution < 1.29 is 4.74 Å². The van der Waals surface area contributed by atoms with E-state index in [-0.39, 0.29) is 0 Å². The van der Waals surface area contributed by atoms with E-state index in [9.17, 15) is 0 Å². The van der Waals surface area contributed by atoms with E-state index < -0.39 is 0 Å². The maximum Gasteiger partial charge on any atom is 0.121 e. The van der Waals surface area contributed by atoms with Crippen LogP contribution in [0.15, 0.2) is 34.9 Å². The molecule has 1 aromatic heterocycles. The SMILES string of the molecule is CCCCCOc1ccc2ccc(Br)nc2c1. The third kappa shape index (κ3) is 3.43. The second-order valence-corrected chi connectivity index (χ2v) is 4.86. The molecule has 0 aliphatic carbocycles. The largest absolute Gasteiger partial charge is 0.494 e. The first kappa shape index (κ1) is 12.4. The minimum Gasteiger partial charge on any atom is -0.494 e. The molecule has 90 valence electrons. The molecule has 0 fully saturated rings. The Bertz CT molecular complexity index is 499. The summed E-state index contributed by atoms with van der Waals surface area (Å²) in [4.78, 5) is 4.42. The summed E-state index contributed by atoms with van der Waals surface area (Å²) in [5.74, 6) is 0.902. The molecule has 2 nitrogen and oxygen atoms in total. The predicted octanol–water partition coefficient (Wildman–Crippen LogP) is 4.57. The molecule has 2 rings (SSSR count). The molecular weight excluding hydrogens is 278 g/mol. The van der Waals surface area contributed by atoms with Crippen LogP contribution in [0.3, 0.4) is 0 Å². The highest BCUT2D eigenvalue weighted by molar-refractivity contribution is 9.10. The van der Waals surface area contributed by atoms with Crippen molar-refractivity contribution in [2.45, 2.75) is 26.2 Å². The van der Waals surface area contributed by atoms with E-state index in [0.29, 0.717) is 0 Å². The lowest BCUT2D eigenvalue weighted by Crippen LogP contribution is -1.96. The minimum atomic E-state index is 0.785. The van der Waals surface area contributed by atoms with Crippen molar-refractivity contribution in [2.24, 2.45) is 0 Å². The Labute approximate surface area is 110 Å². The summed E-state index contributed by atoms with van der Waals surface area (Å²) in [5, 5.41) is 1.13. The van der Waals surface area contributed by atoms with Crippen LogP contribution in [0.2, 0.25) is 0 Å². The molecule has 0 radical (unpaired) electrons. The van der Waals surface area contributed by atoms with Crippen molar-refractivity contribution in [1.82, 2.24) is 4.98 Å². The van der Waals surface area contributed by atoms with Gasteiger partial charge in [-0.3, -0.25) is 0 Å². The number of nitrogens with zero attached hydrogens (tertiary/aromatic N) is 1. The van der Waals surface area contributed by atoms with Crippen LogP contribution < -0.4 is 4.74 Å². The molecule has 0 amide bonds. The van der Waals surface area contributed by atoms with E-state index in [1.165, 1.54) is 12.8 Å². The summed E-state index contributed by atoms with van der Waals surface area (Å²) in [6.07, 6.45) is 3.55. The monoisotopic (exact) mass is 293 g/mol. The average Bonchev–Trinajstić information content (AvgIpc) is 2.34. The van der Waals surface area contributed by atoms with Crippen LogP contribution in [0.25, 0.3) is 10.9 Å². The van der Waals surface area contributed by atoms with Gasteiger partial charge in [0.2, 0.25) is 0 Å². The number of pyridine rings is 1. The Morgan fingerprint density at radius 2 is 2.00 bits per heavy atom. The third-order valence-corrected chi connectivity index (χ3v) is 3.09. The maximum absolute atomic E-state index is 5.70. The van der Waals surface area contributed by atoms with Crippen LogP contribution in [-0.2, 0) is 0 Å². The van der Waals surface area contributed by atoms with E-state index in [0.717, 1.165) is 34.3 Å². The van der Waals surface area contributed by atoms with Gasteiger partial charge in [0, 0.05) is 11.5 Å². The first-order chi connectivity index (χ1) is 8.29. The van der Waals surface area contributed by atoms with Gasteiger partial charge in [-0.15, -0.1) is 0 Å². The van der Waals surface area contributed by atoms with Gasteiger partial charge in [-0.2, -0.15) is 0 Å². The number of aromatic nitrogens is 1. The number of benzene rings is 1. The number of rotatable bonds is 5. The molecule has 1 aromatic carbocycles. The zero-order valence-corrected chi connectivity index (χ0v) is 11.5. The first-order valence-corrected chi connectivity index (χ1v) is 6.78. The van der Waals surface area contributed by atoms with Gasteiger partial charge in [0.25, 0.3) is 0 Å². The zero-order valence-electron chi connectivity index (χ0n) is 9.95. The third-order valence-electron chi connectivity index (χ3n) is 2.65. The van der Waals surface area contributed by atoms with E-state index in [2.05, 4.69) is 27.8 Å². The van der Waals surface area contributed by atoms with Gasteiger partial charge in [0.15, 0.2) is 0 Å². The summed E-state index contributed by atoms with van der Waals surface area (Å²) in [6.45, 7) is 2.98. The van der Waals surface area contributed by atoms with Crippen LogP contribution in [0, 0.1) is 0 Å². The molecule has 3 heteroatoms. The summed E-state index contributed by atoms with van der Waals surface area (Å²) in [6, 6.07) is 10.0. The Balaban J connectivity index is 2.08. The lowest BCUT2D eigenvalue weighted by Gasteiger charge is -2.06. The smallest absolute Gasteiger partial charge is 0.121 e. The van der Waals surface area contributed by atoms with Gasteiger partial charge in [-0.25, -0.2) is 4.98 Å². The maximum atomic E-state index is 5.70. The number of hydrogen-bond acceptors (Lipinski definition) is 2. The Kier molecular flexibility index (Phi) is 4.37. The van der Waals surface area contributed by atoms with E-state index in [1.807, 2.05) is 30.3 Å². The molecule has 17 heavy (non-hydrogen) atoms. The van der Waals surface area contributed by atoms with Crippen molar-refractivity contribution in [3.8, 4) is 5.75 Å². The molecule has 0 saturated carbocycles. The Morgan fingerprint density at radius 1 is 1.18 bits per heavy atom. The zero-order chi connectivity index (χ0) is 12.1. The summed E-state index contributed by atoms with van der Waals surface area (Å²) < 4.78 is 6.56. The minimum absolute atomic E-state index is 0.785. The molecule has 0 saturated heterocycles. The topological polar surface area (TPSA) is 22.1 Å². The molecule has 0 aliphatic rings. The van der Waals surface area contributed by atoms with Gasteiger partial charge >= 0.3 is 0 Å². The van der Waals surface area contributed by atoms with E-state index in [4.69, 9.17) is 4.74 Å². The van der Waals surface area contributed by atoms with Crippen LogP contribution in [-0.4, -0.2) is 11.6 Å². The van der Waals surface area contributed by atoms with Crippen molar-refractivity contribution >= 4 is 26.8 Å². The fraction of sp³-hybridized carbons (Fsp3) is 0.357. The second-order valence-electron chi connectivity index (χ2n) is 4.04. The molecule has 0 bridgehead atoms. The van der Waals surface area contributed by atoms with Crippen molar-refractivity contribution in [3.63, 3.8) is 0 Å². The van der Waals surface area contributed by atoms with Crippen LogP contribution in [0.4, 0.5) is 0 Å². The second kappa shape index (κ2) is 6.01. The molecule has 0 unspecified atom stereocenters. The summed E-state index contributed by atoms with van der Waals surface area (Å²) >= 11 is 3.38. The fourth-order valence-corrected chi connectivity index (χ4v) is 2.03. The number of fused-ring (bicyclic) bond motifs is 1. The van der Waals surface area contributed by atoms with Crippen LogP contribution in [0.1, 0.15) is 26.2 Å². The van der Waals surface area contributed by atoms with Gasteiger partial charge in [0.1, 0.15) is 10.4 Å². The van der Waals surface area contributed by atoms with Crippen molar-refractivity contribution in [3.05, 3.63) is 34.9 Å². The molecule has 0 N–H and O–H groups in total.